The van der Waals surface area contributed by atoms with E-state index in [4.69, 9.17) is 4.74 Å². The van der Waals surface area contributed by atoms with Crippen LogP contribution in [0.2, 0.25) is 0 Å². The summed E-state index contributed by atoms with van der Waals surface area (Å²) in [5, 5.41) is 5.31. The highest BCUT2D eigenvalue weighted by atomic mass is 19.1. The number of carbonyl (C=O) groups is 2. The van der Waals surface area contributed by atoms with Crippen molar-refractivity contribution in [2.45, 2.75) is 13.5 Å². The lowest BCUT2D eigenvalue weighted by Gasteiger charge is -2.10. The number of rotatable bonds is 5. The molecule has 2 aromatic carbocycles. The van der Waals surface area contributed by atoms with Gasteiger partial charge in [-0.05, 0) is 36.4 Å². The van der Waals surface area contributed by atoms with E-state index in [1.807, 2.05) is 0 Å². The topological polar surface area (TPSA) is 67.4 Å². The van der Waals surface area contributed by atoms with Crippen molar-refractivity contribution in [2.75, 3.05) is 12.4 Å². The number of nitrogens with one attached hydrogen (secondary N) is 2. The van der Waals surface area contributed by atoms with Gasteiger partial charge in [0, 0.05) is 30.3 Å². The third-order valence-corrected chi connectivity index (χ3v) is 3.13. The van der Waals surface area contributed by atoms with Gasteiger partial charge in [0.05, 0.1) is 7.11 Å². The van der Waals surface area contributed by atoms with Gasteiger partial charge in [0.2, 0.25) is 5.91 Å². The monoisotopic (exact) mass is 316 g/mol. The van der Waals surface area contributed by atoms with Crippen LogP contribution in [-0.2, 0) is 11.3 Å². The van der Waals surface area contributed by atoms with Crippen molar-refractivity contribution in [2.24, 2.45) is 0 Å². The molecule has 0 fully saturated rings. The van der Waals surface area contributed by atoms with E-state index >= 15 is 0 Å². The van der Waals surface area contributed by atoms with E-state index in [0.717, 1.165) is 0 Å². The Labute approximate surface area is 133 Å². The van der Waals surface area contributed by atoms with E-state index in [0.29, 0.717) is 22.6 Å². The Morgan fingerprint density at radius 3 is 2.65 bits per heavy atom. The Morgan fingerprint density at radius 1 is 1.17 bits per heavy atom. The molecule has 0 aliphatic heterocycles. The van der Waals surface area contributed by atoms with Gasteiger partial charge >= 0.3 is 0 Å². The second-order valence-electron chi connectivity index (χ2n) is 4.90. The Balaban J connectivity index is 2.08. The second-order valence-corrected chi connectivity index (χ2v) is 4.90. The van der Waals surface area contributed by atoms with Crippen LogP contribution in [0, 0.1) is 5.82 Å². The molecule has 0 aliphatic rings. The molecule has 0 aromatic heterocycles. The molecule has 0 bridgehead atoms. The summed E-state index contributed by atoms with van der Waals surface area (Å²) in [6.07, 6.45) is 0. The van der Waals surface area contributed by atoms with Gasteiger partial charge in [0.25, 0.3) is 5.91 Å². The first-order valence-corrected chi connectivity index (χ1v) is 6.98. The predicted molar refractivity (Wildman–Crippen MR) is 84.9 cm³/mol. The number of methoxy groups -OCH3 is 1. The molecule has 0 atom stereocenters. The zero-order valence-electron chi connectivity index (χ0n) is 12.9. The fourth-order valence-electron chi connectivity index (χ4n) is 2.10. The molecule has 0 aliphatic carbocycles. The minimum atomic E-state index is -0.400. The summed E-state index contributed by atoms with van der Waals surface area (Å²) in [5.41, 5.74) is 1.47. The molecule has 2 aromatic rings. The first-order chi connectivity index (χ1) is 11.0. The lowest BCUT2D eigenvalue weighted by molar-refractivity contribution is -0.114. The van der Waals surface area contributed by atoms with Crippen molar-refractivity contribution < 1.29 is 18.7 Å². The molecule has 0 saturated carbocycles. The molecule has 0 saturated heterocycles. The van der Waals surface area contributed by atoms with Crippen molar-refractivity contribution in [3.63, 3.8) is 0 Å². The molecule has 0 heterocycles. The van der Waals surface area contributed by atoms with Gasteiger partial charge in [-0.3, -0.25) is 9.59 Å². The fourth-order valence-corrected chi connectivity index (χ4v) is 2.10. The number of carbonyl (C=O) groups excluding carboxylic acids is 2. The minimum Gasteiger partial charge on any atom is -0.496 e. The predicted octanol–water partition coefficient (Wildman–Crippen LogP) is 2.72. The van der Waals surface area contributed by atoms with Crippen LogP contribution in [0.1, 0.15) is 22.8 Å². The van der Waals surface area contributed by atoms with E-state index in [1.165, 1.54) is 32.2 Å². The molecule has 0 spiro atoms. The zero-order valence-corrected chi connectivity index (χ0v) is 12.9. The molecule has 6 heteroatoms. The summed E-state index contributed by atoms with van der Waals surface area (Å²) in [6, 6.07) is 10.7. The fraction of sp³-hybridized carbons (Fsp3) is 0.176. The number of hydrogen-bond acceptors (Lipinski definition) is 3. The maximum absolute atomic E-state index is 13.3. The lowest BCUT2D eigenvalue weighted by Crippen LogP contribution is -2.23. The van der Waals surface area contributed by atoms with Crippen molar-refractivity contribution in [3.05, 3.63) is 59.4 Å². The minimum absolute atomic E-state index is 0.129. The molecule has 0 unspecified atom stereocenters. The average Bonchev–Trinajstić information content (AvgIpc) is 2.52. The normalized spacial score (nSPS) is 10.0. The molecule has 2 rings (SSSR count). The molecule has 2 N–H and O–H groups in total. The van der Waals surface area contributed by atoms with Gasteiger partial charge in [0.15, 0.2) is 0 Å². The van der Waals surface area contributed by atoms with Gasteiger partial charge in [0.1, 0.15) is 11.6 Å². The highest BCUT2D eigenvalue weighted by Crippen LogP contribution is 2.19. The Hall–Kier alpha value is -2.89. The number of amides is 2. The maximum Gasteiger partial charge on any atom is 0.251 e. The smallest absolute Gasteiger partial charge is 0.251 e. The number of benzene rings is 2. The summed E-state index contributed by atoms with van der Waals surface area (Å²) < 4.78 is 18.4. The molecule has 23 heavy (non-hydrogen) atoms. The molecular formula is C17H17FN2O3. The number of anilines is 1. The van der Waals surface area contributed by atoms with E-state index in [2.05, 4.69) is 10.6 Å². The zero-order chi connectivity index (χ0) is 16.8. The van der Waals surface area contributed by atoms with Crippen molar-refractivity contribution in [1.82, 2.24) is 5.32 Å². The van der Waals surface area contributed by atoms with Crippen LogP contribution in [-0.4, -0.2) is 18.9 Å². The van der Waals surface area contributed by atoms with Crippen molar-refractivity contribution in [1.29, 1.82) is 0 Å². The Morgan fingerprint density at radius 2 is 1.96 bits per heavy atom. The first kappa shape index (κ1) is 16.5. The van der Waals surface area contributed by atoms with E-state index in [9.17, 15) is 14.0 Å². The van der Waals surface area contributed by atoms with E-state index in [-0.39, 0.29) is 18.4 Å². The lowest BCUT2D eigenvalue weighted by atomic mass is 10.1. The molecule has 0 radical (unpaired) electrons. The Bertz CT molecular complexity index is 732. The van der Waals surface area contributed by atoms with Gasteiger partial charge in [-0.15, -0.1) is 0 Å². The van der Waals surface area contributed by atoms with E-state index < -0.39 is 5.82 Å². The third kappa shape index (κ3) is 4.54. The van der Waals surface area contributed by atoms with Crippen molar-refractivity contribution in [3.8, 4) is 5.75 Å². The third-order valence-electron chi connectivity index (χ3n) is 3.13. The molecule has 120 valence electrons. The van der Waals surface area contributed by atoms with Gasteiger partial charge in [-0.25, -0.2) is 4.39 Å². The van der Waals surface area contributed by atoms with Crippen LogP contribution < -0.4 is 15.4 Å². The van der Waals surface area contributed by atoms with Crippen molar-refractivity contribution >= 4 is 17.5 Å². The van der Waals surface area contributed by atoms with Crippen LogP contribution in [0.5, 0.6) is 5.75 Å². The maximum atomic E-state index is 13.3. The van der Waals surface area contributed by atoms with Crippen LogP contribution in [0.15, 0.2) is 42.5 Å². The van der Waals surface area contributed by atoms with Crippen LogP contribution in [0.4, 0.5) is 10.1 Å². The van der Waals surface area contributed by atoms with Crippen LogP contribution >= 0.6 is 0 Å². The highest BCUT2D eigenvalue weighted by molar-refractivity contribution is 5.96. The summed E-state index contributed by atoms with van der Waals surface area (Å²) in [7, 11) is 1.48. The number of halogens is 1. The quantitative estimate of drug-likeness (QED) is 0.891. The first-order valence-electron chi connectivity index (χ1n) is 6.98. The number of ether oxygens (including phenoxy) is 1. The second kappa shape index (κ2) is 7.40. The van der Waals surface area contributed by atoms with E-state index in [1.54, 1.807) is 24.3 Å². The van der Waals surface area contributed by atoms with Gasteiger partial charge < -0.3 is 15.4 Å². The number of hydrogen-bond donors (Lipinski definition) is 2. The highest BCUT2D eigenvalue weighted by Gasteiger charge is 2.09. The summed E-state index contributed by atoms with van der Waals surface area (Å²) in [4.78, 5) is 23.2. The average molecular weight is 316 g/mol. The molecule has 2 amide bonds. The van der Waals surface area contributed by atoms with Crippen LogP contribution in [0.25, 0.3) is 0 Å². The standard InChI is InChI=1S/C17H17FN2O3/c1-11(21)20-15-5-3-4-12(9-15)17(22)19-10-13-8-14(18)6-7-16(13)23-2/h3-9H,10H2,1-2H3,(H,19,22)(H,20,21). The largest absolute Gasteiger partial charge is 0.496 e. The summed E-state index contributed by atoms with van der Waals surface area (Å²) >= 11 is 0. The van der Waals surface area contributed by atoms with Crippen LogP contribution in [0.3, 0.4) is 0 Å². The van der Waals surface area contributed by atoms with Gasteiger partial charge in [-0.1, -0.05) is 6.07 Å². The van der Waals surface area contributed by atoms with Gasteiger partial charge in [-0.2, -0.15) is 0 Å². The SMILES string of the molecule is COc1ccc(F)cc1CNC(=O)c1cccc(NC(C)=O)c1. The molecule has 5 nitrogen and oxygen atoms in total. The summed E-state index contributed by atoms with van der Waals surface area (Å²) in [6.45, 7) is 1.52. The molecular weight excluding hydrogens is 299 g/mol. The summed E-state index contributed by atoms with van der Waals surface area (Å²) in [5.74, 6) is -0.447. The Kier molecular flexibility index (Phi) is 5.30.